The van der Waals surface area contributed by atoms with Gasteiger partial charge in [0.05, 0.1) is 12.9 Å². The minimum atomic E-state index is -0.0882. The van der Waals surface area contributed by atoms with Crippen molar-refractivity contribution in [3.8, 4) is 5.75 Å². The fourth-order valence-corrected chi connectivity index (χ4v) is 3.68. The first-order valence-electron chi connectivity index (χ1n) is 9.22. The summed E-state index contributed by atoms with van der Waals surface area (Å²) < 4.78 is 7.25. The zero-order chi connectivity index (χ0) is 19.8. The lowest BCUT2D eigenvalue weighted by atomic mass is 10.1. The number of amides is 1. The van der Waals surface area contributed by atoms with Crippen LogP contribution in [0.3, 0.4) is 0 Å². The second kappa shape index (κ2) is 9.94. The van der Waals surface area contributed by atoms with Gasteiger partial charge in [-0.2, -0.15) is 0 Å². The summed E-state index contributed by atoms with van der Waals surface area (Å²) in [5.74, 6) is 1.84. The maximum absolute atomic E-state index is 12.3. The normalized spacial score (nSPS) is 10.6. The van der Waals surface area contributed by atoms with Gasteiger partial charge in [0.15, 0.2) is 5.16 Å². The van der Waals surface area contributed by atoms with Gasteiger partial charge in [0.1, 0.15) is 11.6 Å². The molecule has 0 aliphatic rings. The molecule has 3 rings (SSSR count). The van der Waals surface area contributed by atoms with E-state index in [2.05, 4.69) is 39.1 Å². The summed E-state index contributed by atoms with van der Waals surface area (Å²) in [5, 5.41) is 12.3. The molecule has 0 fully saturated rings. The van der Waals surface area contributed by atoms with E-state index >= 15 is 0 Å². The van der Waals surface area contributed by atoms with Crippen LogP contribution in [0.25, 0.3) is 0 Å². The van der Waals surface area contributed by atoms with Crippen molar-refractivity contribution in [3.05, 3.63) is 66.0 Å². The molecule has 0 aliphatic heterocycles. The van der Waals surface area contributed by atoms with Crippen molar-refractivity contribution in [1.29, 1.82) is 0 Å². The number of carbonyl (C=O) groups excluding carboxylic acids is 1. The largest absolute Gasteiger partial charge is 0.497 e. The Bertz CT molecular complexity index is 912. The molecule has 0 saturated heterocycles. The van der Waals surface area contributed by atoms with Crippen molar-refractivity contribution in [1.82, 2.24) is 14.8 Å². The summed E-state index contributed by atoms with van der Waals surface area (Å²) in [7, 11) is 1.60. The van der Waals surface area contributed by atoms with E-state index in [1.165, 1.54) is 17.3 Å². The molecular formula is C21H24N4O2S. The Labute approximate surface area is 169 Å². The number of anilines is 1. The Hall–Kier alpha value is -2.80. The van der Waals surface area contributed by atoms with Crippen LogP contribution in [0.1, 0.15) is 18.3 Å². The number of nitrogens with one attached hydrogen (secondary N) is 1. The Balaban J connectivity index is 1.56. The molecule has 0 bridgehead atoms. The van der Waals surface area contributed by atoms with E-state index in [1.807, 2.05) is 36.4 Å². The quantitative estimate of drug-likeness (QED) is 0.557. The number of hydrogen-bond acceptors (Lipinski definition) is 5. The number of hydrogen-bond donors (Lipinski definition) is 1. The first-order valence-corrected chi connectivity index (χ1v) is 10.2. The van der Waals surface area contributed by atoms with Gasteiger partial charge in [-0.3, -0.25) is 4.79 Å². The molecule has 0 radical (unpaired) electrons. The first kappa shape index (κ1) is 19.9. The predicted octanol–water partition coefficient (Wildman–Crippen LogP) is 3.82. The minimum Gasteiger partial charge on any atom is -0.497 e. The van der Waals surface area contributed by atoms with Crippen LogP contribution >= 0.6 is 11.8 Å². The predicted molar refractivity (Wildman–Crippen MR) is 112 cm³/mol. The summed E-state index contributed by atoms with van der Waals surface area (Å²) in [5.41, 5.74) is 1.99. The van der Waals surface area contributed by atoms with Crippen LogP contribution in [0.2, 0.25) is 0 Å². The highest BCUT2D eigenvalue weighted by Crippen LogP contribution is 2.20. The lowest BCUT2D eigenvalue weighted by molar-refractivity contribution is -0.113. The zero-order valence-electron chi connectivity index (χ0n) is 16.1. The molecule has 1 N–H and O–H groups in total. The van der Waals surface area contributed by atoms with Gasteiger partial charge >= 0.3 is 0 Å². The van der Waals surface area contributed by atoms with E-state index in [1.54, 1.807) is 13.2 Å². The third kappa shape index (κ3) is 5.36. The summed E-state index contributed by atoms with van der Waals surface area (Å²) in [6, 6.07) is 17.6. The van der Waals surface area contributed by atoms with Gasteiger partial charge in [-0.1, -0.05) is 48.2 Å². The molecule has 0 spiro atoms. The topological polar surface area (TPSA) is 69.0 Å². The van der Waals surface area contributed by atoms with E-state index in [9.17, 15) is 4.79 Å². The monoisotopic (exact) mass is 396 g/mol. The summed E-state index contributed by atoms with van der Waals surface area (Å²) in [6.45, 7) is 2.84. The lowest BCUT2D eigenvalue weighted by Gasteiger charge is -2.08. The standard InChI is InChI=1S/C21H24N4O2S/c1-3-25-19(13-12-16-8-5-4-6-9-16)23-24-21(25)28-15-20(26)22-17-10-7-11-18(14-17)27-2/h4-11,14H,3,12-13,15H2,1-2H3,(H,22,26). The number of aryl methyl sites for hydroxylation is 2. The maximum atomic E-state index is 12.3. The number of methoxy groups -OCH3 is 1. The van der Waals surface area contributed by atoms with Gasteiger partial charge < -0.3 is 14.6 Å². The van der Waals surface area contributed by atoms with Crippen LogP contribution in [0.15, 0.2) is 59.8 Å². The first-order chi connectivity index (χ1) is 13.7. The summed E-state index contributed by atoms with van der Waals surface area (Å²) in [6.07, 6.45) is 1.74. The smallest absolute Gasteiger partial charge is 0.234 e. The van der Waals surface area contributed by atoms with Crippen LogP contribution < -0.4 is 10.1 Å². The Kier molecular flexibility index (Phi) is 7.08. The van der Waals surface area contributed by atoms with Crippen LogP contribution in [-0.4, -0.2) is 33.5 Å². The molecule has 3 aromatic rings. The van der Waals surface area contributed by atoms with E-state index in [4.69, 9.17) is 4.74 Å². The van der Waals surface area contributed by atoms with Gasteiger partial charge in [0, 0.05) is 24.7 Å². The van der Waals surface area contributed by atoms with Gasteiger partial charge in [0.2, 0.25) is 5.91 Å². The molecule has 0 unspecified atom stereocenters. The van der Waals surface area contributed by atoms with Crippen LogP contribution in [-0.2, 0) is 24.2 Å². The van der Waals surface area contributed by atoms with E-state index in [0.29, 0.717) is 11.4 Å². The number of carbonyl (C=O) groups is 1. The highest BCUT2D eigenvalue weighted by atomic mass is 32.2. The summed E-state index contributed by atoms with van der Waals surface area (Å²) in [4.78, 5) is 12.3. The fraction of sp³-hybridized carbons (Fsp3) is 0.286. The fourth-order valence-electron chi connectivity index (χ4n) is 2.86. The third-order valence-electron chi connectivity index (χ3n) is 4.28. The van der Waals surface area contributed by atoms with Crippen molar-refractivity contribution in [2.75, 3.05) is 18.2 Å². The van der Waals surface area contributed by atoms with Gasteiger partial charge in [-0.25, -0.2) is 0 Å². The van der Waals surface area contributed by atoms with Gasteiger partial charge in [0.25, 0.3) is 0 Å². The molecule has 7 heteroatoms. The van der Waals surface area contributed by atoms with Crippen LogP contribution in [0.5, 0.6) is 5.75 Å². The Morgan fingerprint density at radius 1 is 1.11 bits per heavy atom. The zero-order valence-corrected chi connectivity index (χ0v) is 16.9. The molecule has 0 atom stereocenters. The number of ether oxygens (including phenoxy) is 1. The average molecular weight is 397 g/mol. The molecule has 146 valence electrons. The molecule has 1 aromatic heterocycles. The SMILES string of the molecule is CCn1c(CCc2ccccc2)nnc1SCC(=O)Nc1cccc(OC)c1. The molecule has 28 heavy (non-hydrogen) atoms. The molecule has 0 aliphatic carbocycles. The van der Waals surface area contributed by atoms with Crippen molar-refractivity contribution in [2.45, 2.75) is 31.5 Å². The Morgan fingerprint density at radius 2 is 1.93 bits per heavy atom. The van der Waals surface area contributed by atoms with Crippen LogP contribution in [0, 0.1) is 0 Å². The second-order valence-corrected chi connectivity index (χ2v) is 7.14. The highest BCUT2D eigenvalue weighted by Gasteiger charge is 2.13. The molecule has 6 nitrogen and oxygen atoms in total. The molecule has 2 aromatic carbocycles. The second-order valence-electron chi connectivity index (χ2n) is 6.20. The van der Waals surface area contributed by atoms with Crippen molar-refractivity contribution in [3.63, 3.8) is 0 Å². The van der Waals surface area contributed by atoms with Crippen LogP contribution in [0.4, 0.5) is 5.69 Å². The van der Waals surface area contributed by atoms with Crippen molar-refractivity contribution < 1.29 is 9.53 Å². The number of rotatable bonds is 9. The van der Waals surface area contributed by atoms with E-state index < -0.39 is 0 Å². The highest BCUT2D eigenvalue weighted by molar-refractivity contribution is 7.99. The molecule has 1 heterocycles. The number of benzene rings is 2. The number of nitrogens with zero attached hydrogens (tertiary/aromatic N) is 3. The molecule has 0 saturated carbocycles. The van der Waals surface area contributed by atoms with E-state index in [0.717, 1.165) is 30.4 Å². The van der Waals surface area contributed by atoms with Gasteiger partial charge in [-0.15, -0.1) is 10.2 Å². The maximum Gasteiger partial charge on any atom is 0.234 e. The van der Waals surface area contributed by atoms with Crippen molar-refractivity contribution >= 4 is 23.4 Å². The van der Waals surface area contributed by atoms with E-state index in [-0.39, 0.29) is 11.7 Å². The number of aromatic nitrogens is 3. The molecular weight excluding hydrogens is 372 g/mol. The lowest BCUT2D eigenvalue weighted by Crippen LogP contribution is -2.14. The van der Waals surface area contributed by atoms with Crippen molar-refractivity contribution in [2.24, 2.45) is 0 Å². The minimum absolute atomic E-state index is 0.0882. The Morgan fingerprint density at radius 3 is 2.68 bits per heavy atom. The van der Waals surface area contributed by atoms with Gasteiger partial charge in [-0.05, 0) is 31.0 Å². The number of thioether (sulfide) groups is 1. The summed E-state index contributed by atoms with van der Waals surface area (Å²) >= 11 is 1.40. The third-order valence-corrected chi connectivity index (χ3v) is 5.24. The average Bonchev–Trinajstić information content (AvgIpc) is 3.13. The molecule has 1 amide bonds.